The van der Waals surface area contributed by atoms with E-state index in [0.717, 1.165) is 4.47 Å². The molecular weight excluding hydrogens is 388 g/mol. The van der Waals surface area contributed by atoms with Crippen LogP contribution in [0.15, 0.2) is 28.7 Å². The molecule has 0 saturated carbocycles. The van der Waals surface area contributed by atoms with Crippen molar-refractivity contribution >= 4 is 33.7 Å². The van der Waals surface area contributed by atoms with Gasteiger partial charge in [0, 0.05) is 37.2 Å². The average molecular weight is 411 g/mol. The number of carbonyl (C=O) groups excluding carboxylic acids is 3. The lowest BCUT2D eigenvalue weighted by molar-refractivity contribution is -0.162. The van der Waals surface area contributed by atoms with Crippen LogP contribution >= 0.6 is 15.9 Å². The molecule has 1 heterocycles. The molecule has 0 N–H and O–H groups in total. The summed E-state index contributed by atoms with van der Waals surface area (Å²) in [5, 5.41) is 0. The van der Waals surface area contributed by atoms with E-state index in [1.807, 2.05) is 12.1 Å². The summed E-state index contributed by atoms with van der Waals surface area (Å²) in [6.45, 7) is 2.59. The molecule has 0 bridgehead atoms. The van der Waals surface area contributed by atoms with Crippen LogP contribution in [0.2, 0.25) is 0 Å². The van der Waals surface area contributed by atoms with Crippen LogP contribution in [0.4, 0.5) is 0 Å². The zero-order valence-electron chi connectivity index (χ0n) is 14.7. The molecule has 2 rings (SSSR count). The minimum Gasteiger partial charge on any atom is -0.452 e. The monoisotopic (exact) mass is 410 g/mol. The zero-order valence-corrected chi connectivity index (χ0v) is 16.3. The summed E-state index contributed by atoms with van der Waals surface area (Å²) in [5.74, 6) is -0.906. The lowest BCUT2D eigenvalue weighted by Crippen LogP contribution is -2.42. The Kier molecular flexibility index (Phi) is 6.58. The highest BCUT2D eigenvalue weighted by Crippen LogP contribution is 2.21. The molecule has 1 aromatic carbocycles. The van der Waals surface area contributed by atoms with Gasteiger partial charge in [0.1, 0.15) is 0 Å². The number of piperidine rings is 1. The van der Waals surface area contributed by atoms with Gasteiger partial charge in [0.25, 0.3) is 11.8 Å². The molecule has 6 nitrogen and oxygen atoms in total. The highest BCUT2D eigenvalue weighted by Gasteiger charge is 2.31. The first-order valence-corrected chi connectivity index (χ1v) is 9.05. The smallest absolute Gasteiger partial charge is 0.309 e. The third-order valence-electron chi connectivity index (χ3n) is 4.29. The normalized spacial score (nSPS) is 16.2. The summed E-state index contributed by atoms with van der Waals surface area (Å²) in [4.78, 5) is 39.6. The maximum Gasteiger partial charge on any atom is 0.309 e. The van der Waals surface area contributed by atoms with Gasteiger partial charge in [0.15, 0.2) is 6.10 Å². The molecule has 0 aromatic heterocycles. The fourth-order valence-electron chi connectivity index (χ4n) is 2.78. The fourth-order valence-corrected chi connectivity index (χ4v) is 3.04. The van der Waals surface area contributed by atoms with Crippen molar-refractivity contribution < 1.29 is 19.1 Å². The molecule has 1 saturated heterocycles. The standard InChI is InChI=1S/C18H23BrN2O4/c1-12(16(22)20(2)3)25-18(24)14-8-10-21(11-9-14)17(23)13-4-6-15(19)7-5-13/h4-7,12,14H,8-11H2,1-3H3/t12-/m1/s1. The summed E-state index contributed by atoms with van der Waals surface area (Å²) in [5.41, 5.74) is 0.634. The summed E-state index contributed by atoms with van der Waals surface area (Å²) in [6, 6.07) is 7.23. The quantitative estimate of drug-likeness (QED) is 0.714. The lowest BCUT2D eigenvalue weighted by atomic mass is 9.96. The van der Waals surface area contributed by atoms with Crippen LogP contribution in [-0.2, 0) is 14.3 Å². The molecule has 0 unspecified atom stereocenters. The molecule has 0 aliphatic carbocycles. The number of rotatable bonds is 4. The summed E-state index contributed by atoms with van der Waals surface area (Å²) in [6.07, 6.45) is 0.304. The van der Waals surface area contributed by atoms with Crippen LogP contribution in [0.1, 0.15) is 30.1 Å². The maximum atomic E-state index is 12.5. The second-order valence-electron chi connectivity index (χ2n) is 6.39. The van der Waals surface area contributed by atoms with E-state index >= 15 is 0 Å². The number of esters is 1. The molecule has 1 atom stereocenters. The van der Waals surface area contributed by atoms with Gasteiger partial charge in [-0.1, -0.05) is 15.9 Å². The molecule has 0 radical (unpaired) electrons. The van der Waals surface area contributed by atoms with E-state index in [-0.39, 0.29) is 23.7 Å². The molecule has 1 aliphatic heterocycles. The first-order chi connectivity index (χ1) is 11.8. The third-order valence-corrected chi connectivity index (χ3v) is 4.82. The minimum absolute atomic E-state index is 0.0320. The SMILES string of the molecule is C[C@@H](OC(=O)C1CCN(C(=O)c2ccc(Br)cc2)CC1)C(=O)N(C)C. The highest BCUT2D eigenvalue weighted by atomic mass is 79.9. The van der Waals surface area contributed by atoms with Crippen molar-refractivity contribution in [2.45, 2.75) is 25.9 Å². The van der Waals surface area contributed by atoms with Crippen LogP contribution in [-0.4, -0.2) is 60.9 Å². The lowest BCUT2D eigenvalue weighted by Gasteiger charge is -2.31. The summed E-state index contributed by atoms with van der Waals surface area (Å²) in [7, 11) is 3.25. The molecule has 1 fully saturated rings. The van der Waals surface area contributed by atoms with Gasteiger partial charge in [0.2, 0.25) is 0 Å². The Bertz CT molecular complexity index is 637. The third kappa shape index (κ3) is 5.04. The van der Waals surface area contributed by atoms with E-state index in [4.69, 9.17) is 4.74 Å². The van der Waals surface area contributed by atoms with Gasteiger partial charge in [0.05, 0.1) is 5.92 Å². The molecule has 7 heteroatoms. The van der Waals surface area contributed by atoms with Crippen LogP contribution in [0, 0.1) is 5.92 Å². The molecule has 1 aliphatic rings. The number of amides is 2. The van der Waals surface area contributed by atoms with E-state index in [9.17, 15) is 14.4 Å². The Morgan fingerprint density at radius 2 is 1.72 bits per heavy atom. The number of halogens is 1. The molecule has 0 spiro atoms. The summed E-state index contributed by atoms with van der Waals surface area (Å²) >= 11 is 3.35. The van der Waals surface area contributed by atoms with Gasteiger partial charge in [-0.05, 0) is 44.0 Å². The second kappa shape index (κ2) is 8.47. The van der Waals surface area contributed by atoms with Crippen molar-refractivity contribution in [1.29, 1.82) is 0 Å². The first kappa shape index (κ1) is 19.4. The van der Waals surface area contributed by atoms with Crippen molar-refractivity contribution in [3.05, 3.63) is 34.3 Å². The number of nitrogens with zero attached hydrogens (tertiary/aromatic N) is 2. The number of ether oxygens (including phenoxy) is 1. The Balaban J connectivity index is 1.86. The van der Waals surface area contributed by atoms with E-state index in [1.54, 1.807) is 38.1 Å². The topological polar surface area (TPSA) is 66.9 Å². The highest BCUT2D eigenvalue weighted by molar-refractivity contribution is 9.10. The van der Waals surface area contributed by atoms with Crippen LogP contribution in [0.5, 0.6) is 0 Å². The number of likely N-dealkylation sites (tertiary alicyclic amines) is 1. The number of likely N-dealkylation sites (N-methyl/N-ethyl adjacent to an activating group) is 1. The van der Waals surface area contributed by atoms with Crippen molar-refractivity contribution in [2.75, 3.05) is 27.2 Å². The second-order valence-corrected chi connectivity index (χ2v) is 7.30. The molecule has 25 heavy (non-hydrogen) atoms. The van der Waals surface area contributed by atoms with E-state index in [2.05, 4.69) is 15.9 Å². The van der Waals surface area contributed by atoms with Gasteiger partial charge in [-0.2, -0.15) is 0 Å². The Morgan fingerprint density at radius 1 is 1.16 bits per heavy atom. The molecule has 1 aromatic rings. The Hall–Kier alpha value is -1.89. The van der Waals surface area contributed by atoms with Crippen molar-refractivity contribution in [3.63, 3.8) is 0 Å². The van der Waals surface area contributed by atoms with Crippen molar-refractivity contribution in [3.8, 4) is 0 Å². The Morgan fingerprint density at radius 3 is 2.24 bits per heavy atom. The van der Waals surface area contributed by atoms with Gasteiger partial charge in [-0.15, -0.1) is 0 Å². The number of hydrogen-bond acceptors (Lipinski definition) is 4. The molecule has 2 amide bonds. The predicted octanol–water partition coefficient (Wildman–Crippen LogP) is 2.32. The van der Waals surface area contributed by atoms with E-state index in [1.165, 1.54) is 4.90 Å². The Labute approximate surface area is 156 Å². The van der Waals surface area contributed by atoms with Crippen molar-refractivity contribution in [2.24, 2.45) is 5.92 Å². The molecule has 136 valence electrons. The largest absolute Gasteiger partial charge is 0.452 e. The van der Waals surface area contributed by atoms with Crippen LogP contribution in [0.25, 0.3) is 0 Å². The first-order valence-electron chi connectivity index (χ1n) is 8.26. The van der Waals surface area contributed by atoms with E-state index < -0.39 is 6.10 Å². The zero-order chi connectivity index (χ0) is 18.6. The van der Waals surface area contributed by atoms with Gasteiger partial charge in [-0.25, -0.2) is 0 Å². The minimum atomic E-state index is -0.787. The van der Waals surface area contributed by atoms with E-state index in [0.29, 0.717) is 31.5 Å². The van der Waals surface area contributed by atoms with Crippen molar-refractivity contribution in [1.82, 2.24) is 9.80 Å². The number of carbonyl (C=O) groups is 3. The average Bonchev–Trinajstić information content (AvgIpc) is 2.61. The van der Waals surface area contributed by atoms with Gasteiger partial charge in [-0.3, -0.25) is 14.4 Å². The van der Waals surface area contributed by atoms with Crippen LogP contribution in [0.3, 0.4) is 0 Å². The number of hydrogen-bond donors (Lipinski definition) is 0. The number of benzene rings is 1. The molecular formula is C18H23BrN2O4. The van der Waals surface area contributed by atoms with Gasteiger partial charge >= 0.3 is 5.97 Å². The predicted molar refractivity (Wildman–Crippen MR) is 97.0 cm³/mol. The van der Waals surface area contributed by atoms with Gasteiger partial charge < -0.3 is 14.5 Å². The maximum absolute atomic E-state index is 12.5. The fraction of sp³-hybridized carbons (Fsp3) is 0.500. The summed E-state index contributed by atoms with van der Waals surface area (Å²) < 4.78 is 6.19. The van der Waals surface area contributed by atoms with Crippen LogP contribution < -0.4 is 0 Å².